The van der Waals surface area contributed by atoms with Crippen molar-refractivity contribution in [3.63, 3.8) is 0 Å². The summed E-state index contributed by atoms with van der Waals surface area (Å²) in [7, 11) is 3.12. The number of carbonyl (C=O) groups is 1. The van der Waals surface area contributed by atoms with Crippen molar-refractivity contribution in [2.24, 2.45) is 0 Å². The molecule has 2 N–H and O–H groups in total. The van der Waals surface area contributed by atoms with Crippen LogP contribution in [-0.4, -0.2) is 39.9 Å². The van der Waals surface area contributed by atoms with Crippen molar-refractivity contribution in [3.8, 4) is 28.6 Å². The maximum Gasteiger partial charge on any atom is 0.255 e. The van der Waals surface area contributed by atoms with Gasteiger partial charge in [0.15, 0.2) is 5.82 Å². The number of methoxy groups -OCH3 is 2. The van der Waals surface area contributed by atoms with Crippen molar-refractivity contribution in [1.29, 1.82) is 0 Å². The molecular formula is C22H20ClN5O3. The number of amides is 1. The molecule has 31 heavy (non-hydrogen) atoms. The molecule has 0 fully saturated rings. The minimum atomic E-state index is -0.333. The Morgan fingerprint density at radius 1 is 1.13 bits per heavy atom. The Morgan fingerprint density at radius 2 is 1.87 bits per heavy atom. The maximum absolute atomic E-state index is 12.8. The lowest BCUT2D eigenvalue weighted by Gasteiger charge is -2.13. The summed E-state index contributed by atoms with van der Waals surface area (Å²) in [5.41, 5.74) is 1.89. The number of carbonyl (C=O) groups excluding carboxylic acids is 1. The summed E-state index contributed by atoms with van der Waals surface area (Å²) >= 11 is 6.41. The van der Waals surface area contributed by atoms with Crippen molar-refractivity contribution in [2.75, 3.05) is 14.2 Å². The molecule has 2 aromatic carbocycles. The van der Waals surface area contributed by atoms with Gasteiger partial charge in [-0.2, -0.15) is 5.10 Å². The topological polar surface area (TPSA) is 94.1 Å². The van der Waals surface area contributed by atoms with Gasteiger partial charge in [-0.1, -0.05) is 11.6 Å². The number of ether oxygens (including phenoxy) is 2. The van der Waals surface area contributed by atoms with E-state index in [1.165, 1.54) is 7.11 Å². The number of benzene rings is 2. The molecule has 0 unspecified atom stereocenters. The summed E-state index contributed by atoms with van der Waals surface area (Å²) < 4.78 is 12.4. The molecule has 8 nitrogen and oxygen atoms in total. The van der Waals surface area contributed by atoms with Gasteiger partial charge in [0.25, 0.3) is 5.91 Å². The fraction of sp³-hybridized carbons (Fsp3) is 0.136. The average molecular weight is 438 g/mol. The van der Waals surface area contributed by atoms with E-state index in [4.69, 9.17) is 21.1 Å². The largest absolute Gasteiger partial charge is 0.497 e. The molecule has 4 aromatic rings. The van der Waals surface area contributed by atoms with Gasteiger partial charge in [0, 0.05) is 24.0 Å². The van der Waals surface area contributed by atoms with Crippen LogP contribution in [0.5, 0.6) is 11.5 Å². The first-order valence-electron chi connectivity index (χ1n) is 9.44. The zero-order valence-electron chi connectivity index (χ0n) is 16.9. The van der Waals surface area contributed by atoms with Crippen molar-refractivity contribution in [3.05, 3.63) is 77.3 Å². The van der Waals surface area contributed by atoms with Gasteiger partial charge in [0.1, 0.15) is 17.3 Å². The quantitative estimate of drug-likeness (QED) is 0.458. The SMILES string of the molecule is COc1ccc(-c2n[nH]c(CNC(=O)c3cc(Cl)c(-n4cccc4)cc3OC)n2)cc1. The van der Waals surface area contributed by atoms with Crippen LogP contribution in [0.25, 0.3) is 17.1 Å². The van der Waals surface area contributed by atoms with Crippen LogP contribution in [0.1, 0.15) is 16.2 Å². The molecular weight excluding hydrogens is 418 g/mol. The second-order valence-electron chi connectivity index (χ2n) is 6.61. The van der Waals surface area contributed by atoms with Gasteiger partial charge in [-0.05, 0) is 42.5 Å². The first kappa shape index (κ1) is 20.5. The third kappa shape index (κ3) is 4.39. The summed E-state index contributed by atoms with van der Waals surface area (Å²) in [5.74, 6) is 1.89. The van der Waals surface area contributed by atoms with Gasteiger partial charge < -0.3 is 19.4 Å². The molecule has 0 spiro atoms. The second-order valence-corrected chi connectivity index (χ2v) is 7.02. The van der Waals surface area contributed by atoms with E-state index < -0.39 is 0 Å². The van der Waals surface area contributed by atoms with E-state index in [-0.39, 0.29) is 12.5 Å². The van der Waals surface area contributed by atoms with Crippen LogP contribution >= 0.6 is 11.6 Å². The van der Waals surface area contributed by atoms with E-state index in [0.29, 0.717) is 28.0 Å². The number of aromatic amines is 1. The summed E-state index contributed by atoms with van der Waals surface area (Å²) in [6.45, 7) is 0.169. The molecule has 2 aromatic heterocycles. The Labute approximate surface area is 183 Å². The average Bonchev–Trinajstić information content (AvgIpc) is 3.50. The van der Waals surface area contributed by atoms with Crippen LogP contribution in [0, 0.1) is 0 Å². The van der Waals surface area contributed by atoms with Crippen molar-refractivity contribution >= 4 is 17.5 Å². The Balaban J connectivity index is 1.47. The monoisotopic (exact) mass is 437 g/mol. The number of hydrogen-bond donors (Lipinski definition) is 2. The molecule has 158 valence electrons. The molecule has 2 heterocycles. The second kappa shape index (κ2) is 8.93. The molecule has 0 saturated carbocycles. The van der Waals surface area contributed by atoms with Crippen LogP contribution in [0.2, 0.25) is 5.02 Å². The standard InChI is InChI=1S/C22H20ClN5O3/c1-30-15-7-5-14(6-8-15)21-25-20(26-27-21)13-24-22(29)16-11-17(23)18(12-19(16)31-2)28-9-3-4-10-28/h3-12H,13H2,1-2H3,(H,24,29)(H,25,26,27). The van der Waals surface area contributed by atoms with Crippen molar-refractivity contribution < 1.29 is 14.3 Å². The lowest BCUT2D eigenvalue weighted by Crippen LogP contribution is -2.24. The van der Waals surface area contributed by atoms with E-state index in [2.05, 4.69) is 20.5 Å². The first-order chi connectivity index (χ1) is 15.1. The zero-order chi connectivity index (χ0) is 21.8. The Kier molecular flexibility index (Phi) is 5.90. The highest BCUT2D eigenvalue weighted by Gasteiger charge is 2.17. The van der Waals surface area contributed by atoms with Gasteiger partial charge in [-0.15, -0.1) is 0 Å². The lowest BCUT2D eigenvalue weighted by molar-refractivity contribution is 0.0947. The maximum atomic E-state index is 12.8. The van der Waals surface area contributed by atoms with Crippen LogP contribution in [0.15, 0.2) is 60.9 Å². The number of H-pyrrole nitrogens is 1. The predicted octanol–water partition coefficient (Wildman–Crippen LogP) is 3.86. The number of aromatic nitrogens is 4. The van der Waals surface area contributed by atoms with Gasteiger partial charge in [-0.3, -0.25) is 9.89 Å². The van der Waals surface area contributed by atoms with Gasteiger partial charge >= 0.3 is 0 Å². The minimum Gasteiger partial charge on any atom is -0.497 e. The smallest absolute Gasteiger partial charge is 0.255 e. The van der Waals surface area contributed by atoms with Crippen LogP contribution in [0.4, 0.5) is 0 Å². The zero-order valence-corrected chi connectivity index (χ0v) is 17.7. The van der Waals surface area contributed by atoms with Crippen LogP contribution in [-0.2, 0) is 6.54 Å². The first-order valence-corrected chi connectivity index (χ1v) is 9.81. The molecule has 0 radical (unpaired) electrons. The molecule has 9 heteroatoms. The molecule has 0 bridgehead atoms. The fourth-order valence-corrected chi connectivity index (χ4v) is 3.35. The van der Waals surface area contributed by atoms with E-state index in [1.807, 2.05) is 53.4 Å². The number of rotatable bonds is 7. The number of nitrogens with zero attached hydrogens (tertiary/aromatic N) is 3. The molecule has 4 rings (SSSR count). The van der Waals surface area contributed by atoms with E-state index >= 15 is 0 Å². The lowest BCUT2D eigenvalue weighted by atomic mass is 10.1. The van der Waals surface area contributed by atoms with Gasteiger partial charge in [0.2, 0.25) is 0 Å². The van der Waals surface area contributed by atoms with E-state index in [0.717, 1.165) is 17.0 Å². The molecule has 0 saturated heterocycles. The summed E-state index contributed by atoms with van der Waals surface area (Å²) in [5, 5.41) is 10.3. The highest BCUT2D eigenvalue weighted by atomic mass is 35.5. The Bertz CT molecular complexity index is 1190. The number of nitrogens with one attached hydrogen (secondary N) is 2. The third-order valence-electron chi connectivity index (χ3n) is 4.69. The van der Waals surface area contributed by atoms with E-state index in [9.17, 15) is 4.79 Å². The molecule has 0 aliphatic heterocycles. The number of halogens is 1. The minimum absolute atomic E-state index is 0.169. The molecule has 0 aliphatic rings. The van der Waals surface area contributed by atoms with Crippen LogP contribution < -0.4 is 14.8 Å². The molecule has 0 aliphatic carbocycles. The third-order valence-corrected chi connectivity index (χ3v) is 5.00. The van der Waals surface area contributed by atoms with Crippen molar-refractivity contribution in [2.45, 2.75) is 6.54 Å². The summed E-state index contributed by atoms with van der Waals surface area (Å²) in [4.78, 5) is 17.2. The predicted molar refractivity (Wildman–Crippen MR) is 117 cm³/mol. The highest BCUT2D eigenvalue weighted by molar-refractivity contribution is 6.33. The highest BCUT2D eigenvalue weighted by Crippen LogP contribution is 2.30. The van der Waals surface area contributed by atoms with E-state index in [1.54, 1.807) is 19.2 Å². The summed E-state index contributed by atoms with van der Waals surface area (Å²) in [6, 6.07) is 14.5. The molecule has 0 atom stereocenters. The Morgan fingerprint density at radius 3 is 2.55 bits per heavy atom. The van der Waals surface area contributed by atoms with Gasteiger partial charge in [0.05, 0.1) is 37.0 Å². The van der Waals surface area contributed by atoms with Crippen LogP contribution in [0.3, 0.4) is 0 Å². The Hall–Kier alpha value is -3.78. The van der Waals surface area contributed by atoms with Gasteiger partial charge in [-0.25, -0.2) is 4.98 Å². The summed E-state index contributed by atoms with van der Waals surface area (Å²) in [6.07, 6.45) is 3.73. The normalized spacial score (nSPS) is 10.7. The number of hydrogen-bond acceptors (Lipinski definition) is 5. The fourth-order valence-electron chi connectivity index (χ4n) is 3.08. The van der Waals surface area contributed by atoms with Crippen molar-refractivity contribution in [1.82, 2.24) is 25.1 Å². The molecule has 1 amide bonds.